The normalized spacial score (nSPS) is 12.0. The molecule has 0 spiro atoms. The van der Waals surface area contributed by atoms with Gasteiger partial charge in [-0.25, -0.2) is 0 Å². The topological polar surface area (TPSA) is 56.1 Å². The monoisotopic (exact) mass is 371 g/mol. The predicted octanol–water partition coefficient (Wildman–Crippen LogP) is 2.88. The number of hydrogen-bond donors (Lipinski definition) is 1. The predicted molar refractivity (Wildman–Crippen MR) is 84.5 cm³/mol. The Morgan fingerprint density at radius 2 is 2.29 bits per heavy atom. The summed E-state index contributed by atoms with van der Waals surface area (Å²) >= 11 is 9.30. The summed E-state index contributed by atoms with van der Waals surface area (Å²) in [5.74, 6) is 0.305. The first-order chi connectivity index (χ1) is 10.1. The van der Waals surface area contributed by atoms with Crippen LogP contribution in [-0.4, -0.2) is 28.3 Å². The number of nitrogens with one attached hydrogen (secondary N) is 1. The molecule has 0 aliphatic rings. The highest BCUT2D eigenvalue weighted by atomic mass is 79.9. The minimum atomic E-state index is -0.616. The molecule has 0 radical (unpaired) electrons. The molecule has 0 fully saturated rings. The van der Waals surface area contributed by atoms with E-state index in [2.05, 4.69) is 26.3 Å². The van der Waals surface area contributed by atoms with Gasteiger partial charge in [0.1, 0.15) is 5.75 Å². The SMILES string of the molecule is C[C@@H](Oc1ccccc1Cl)C(=O)NCCn1cc(Br)cn1. The molecular formula is C14H15BrClN3O2. The lowest BCUT2D eigenvalue weighted by atomic mass is 10.3. The van der Waals surface area contributed by atoms with Gasteiger partial charge >= 0.3 is 0 Å². The number of ether oxygens (including phenoxy) is 1. The lowest BCUT2D eigenvalue weighted by molar-refractivity contribution is -0.127. The quantitative estimate of drug-likeness (QED) is 0.848. The number of benzene rings is 1. The fourth-order valence-electron chi connectivity index (χ4n) is 1.68. The standard InChI is InChI=1S/C14H15BrClN3O2/c1-10(21-13-5-3-2-4-12(13)16)14(20)17-6-7-19-9-11(15)8-18-19/h2-5,8-10H,6-7H2,1H3,(H,17,20)/t10-/m1/s1. The molecule has 1 aromatic carbocycles. The van der Waals surface area contributed by atoms with Crippen molar-refractivity contribution < 1.29 is 9.53 Å². The van der Waals surface area contributed by atoms with Gasteiger partial charge in [-0.2, -0.15) is 5.10 Å². The van der Waals surface area contributed by atoms with Gasteiger partial charge in [-0.05, 0) is 35.0 Å². The number of amides is 1. The van der Waals surface area contributed by atoms with E-state index in [1.165, 1.54) is 0 Å². The molecule has 1 amide bonds. The summed E-state index contributed by atoms with van der Waals surface area (Å²) in [5.41, 5.74) is 0. The number of aromatic nitrogens is 2. The van der Waals surface area contributed by atoms with Crippen LogP contribution in [0.1, 0.15) is 6.92 Å². The van der Waals surface area contributed by atoms with Crippen LogP contribution >= 0.6 is 27.5 Å². The second kappa shape index (κ2) is 7.47. The van der Waals surface area contributed by atoms with Crippen LogP contribution in [0.15, 0.2) is 41.1 Å². The molecule has 0 aliphatic heterocycles. The zero-order valence-corrected chi connectivity index (χ0v) is 13.8. The van der Waals surface area contributed by atoms with Crippen molar-refractivity contribution in [2.75, 3.05) is 6.54 Å². The van der Waals surface area contributed by atoms with E-state index in [0.717, 1.165) is 4.47 Å². The van der Waals surface area contributed by atoms with Crippen molar-refractivity contribution in [3.8, 4) is 5.75 Å². The first kappa shape index (κ1) is 15.9. The molecule has 1 aromatic heterocycles. The molecule has 7 heteroatoms. The first-order valence-corrected chi connectivity index (χ1v) is 7.60. The van der Waals surface area contributed by atoms with Gasteiger partial charge in [0, 0.05) is 12.7 Å². The van der Waals surface area contributed by atoms with Crippen LogP contribution in [0.5, 0.6) is 5.75 Å². The van der Waals surface area contributed by atoms with Crippen LogP contribution < -0.4 is 10.1 Å². The van der Waals surface area contributed by atoms with Crippen molar-refractivity contribution in [2.45, 2.75) is 19.6 Å². The average molecular weight is 373 g/mol. The van der Waals surface area contributed by atoms with Crippen molar-refractivity contribution in [1.29, 1.82) is 0 Å². The Morgan fingerprint density at radius 1 is 1.52 bits per heavy atom. The van der Waals surface area contributed by atoms with Crippen LogP contribution in [-0.2, 0) is 11.3 Å². The molecule has 0 bridgehead atoms. The number of halogens is 2. The molecule has 0 unspecified atom stereocenters. The van der Waals surface area contributed by atoms with Gasteiger partial charge in [0.2, 0.25) is 0 Å². The molecule has 21 heavy (non-hydrogen) atoms. The summed E-state index contributed by atoms with van der Waals surface area (Å²) < 4.78 is 8.19. The Bertz CT molecular complexity index is 618. The Hall–Kier alpha value is -1.53. The zero-order chi connectivity index (χ0) is 15.2. The lowest BCUT2D eigenvalue weighted by Crippen LogP contribution is -2.38. The van der Waals surface area contributed by atoms with Gasteiger partial charge in [0.25, 0.3) is 5.91 Å². The van der Waals surface area contributed by atoms with Gasteiger partial charge in [0.15, 0.2) is 6.10 Å². The molecular weight excluding hydrogens is 358 g/mol. The van der Waals surface area contributed by atoms with Gasteiger partial charge in [-0.1, -0.05) is 23.7 Å². The summed E-state index contributed by atoms with van der Waals surface area (Å²) in [6.07, 6.45) is 2.93. The van der Waals surface area contributed by atoms with Crippen molar-refractivity contribution in [3.05, 3.63) is 46.2 Å². The smallest absolute Gasteiger partial charge is 0.260 e. The maximum absolute atomic E-state index is 11.9. The van der Waals surface area contributed by atoms with Gasteiger partial charge < -0.3 is 10.1 Å². The van der Waals surface area contributed by atoms with E-state index >= 15 is 0 Å². The minimum absolute atomic E-state index is 0.193. The van der Waals surface area contributed by atoms with E-state index in [1.807, 2.05) is 12.3 Å². The number of hydrogen-bond acceptors (Lipinski definition) is 3. The van der Waals surface area contributed by atoms with Gasteiger partial charge in [-0.15, -0.1) is 0 Å². The highest BCUT2D eigenvalue weighted by molar-refractivity contribution is 9.10. The largest absolute Gasteiger partial charge is 0.479 e. The second-order valence-corrected chi connectivity index (χ2v) is 5.73. The number of para-hydroxylation sites is 1. The second-order valence-electron chi connectivity index (χ2n) is 4.40. The summed E-state index contributed by atoms with van der Waals surface area (Å²) in [4.78, 5) is 11.9. The molecule has 112 valence electrons. The lowest BCUT2D eigenvalue weighted by Gasteiger charge is -2.15. The number of carbonyl (C=O) groups is 1. The van der Waals surface area contributed by atoms with Crippen molar-refractivity contribution in [1.82, 2.24) is 15.1 Å². The Kier molecular flexibility index (Phi) is 5.64. The van der Waals surface area contributed by atoms with Crippen LogP contribution in [0.4, 0.5) is 0 Å². The molecule has 2 aromatic rings. The highest BCUT2D eigenvalue weighted by Crippen LogP contribution is 2.24. The van der Waals surface area contributed by atoms with E-state index < -0.39 is 6.10 Å². The maximum Gasteiger partial charge on any atom is 0.260 e. The molecule has 0 saturated carbocycles. The van der Waals surface area contributed by atoms with Crippen molar-refractivity contribution in [2.24, 2.45) is 0 Å². The molecule has 1 N–H and O–H groups in total. The fraction of sp³-hybridized carbons (Fsp3) is 0.286. The molecule has 2 rings (SSSR count). The first-order valence-electron chi connectivity index (χ1n) is 6.43. The zero-order valence-electron chi connectivity index (χ0n) is 11.4. The van der Waals surface area contributed by atoms with Crippen LogP contribution in [0.2, 0.25) is 5.02 Å². The average Bonchev–Trinajstić information content (AvgIpc) is 2.87. The van der Waals surface area contributed by atoms with E-state index in [1.54, 1.807) is 36.0 Å². The highest BCUT2D eigenvalue weighted by Gasteiger charge is 2.15. The van der Waals surface area contributed by atoms with Gasteiger partial charge in [0.05, 0.1) is 22.2 Å². The molecule has 1 atom stereocenters. The van der Waals surface area contributed by atoms with Gasteiger partial charge in [-0.3, -0.25) is 9.48 Å². The molecule has 1 heterocycles. The van der Waals surface area contributed by atoms with E-state index in [-0.39, 0.29) is 5.91 Å². The van der Waals surface area contributed by atoms with E-state index in [9.17, 15) is 4.79 Å². The molecule has 0 saturated heterocycles. The molecule has 5 nitrogen and oxygen atoms in total. The summed E-state index contributed by atoms with van der Waals surface area (Å²) in [5, 5.41) is 7.39. The Balaban J connectivity index is 1.79. The van der Waals surface area contributed by atoms with Crippen molar-refractivity contribution >= 4 is 33.4 Å². The number of rotatable bonds is 6. The summed E-state index contributed by atoms with van der Waals surface area (Å²) in [6.45, 7) is 2.75. The minimum Gasteiger partial charge on any atom is -0.479 e. The van der Waals surface area contributed by atoms with Crippen LogP contribution in [0.3, 0.4) is 0 Å². The van der Waals surface area contributed by atoms with E-state index in [0.29, 0.717) is 23.9 Å². The third-order valence-electron chi connectivity index (χ3n) is 2.75. The third-order valence-corrected chi connectivity index (χ3v) is 3.47. The van der Waals surface area contributed by atoms with E-state index in [4.69, 9.17) is 16.3 Å². The van der Waals surface area contributed by atoms with Crippen molar-refractivity contribution in [3.63, 3.8) is 0 Å². The maximum atomic E-state index is 11.9. The Labute approximate surface area is 136 Å². The fourth-order valence-corrected chi connectivity index (χ4v) is 2.19. The number of nitrogens with zero attached hydrogens (tertiary/aromatic N) is 2. The van der Waals surface area contributed by atoms with Crippen LogP contribution in [0, 0.1) is 0 Å². The summed E-state index contributed by atoms with van der Waals surface area (Å²) in [7, 11) is 0. The molecule has 0 aliphatic carbocycles. The van der Waals surface area contributed by atoms with Crippen LogP contribution in [0.25, 0.3) is 0 Å². The Morgan fingerprint density at radius 3 is 2.95 bits per heavy atom. The summed E-state index contributed by atoms with van der Waals surface area (Å²) in [6, 6.07) is 7.06. The number of carbonyl (C=O) groups excluding carboxylic acids is 1. The third kappa shape index (κ3) is 4.75.